The van der Waals surface area contributed by atoms with Crippen molar-refractivity contribution in [2.24, 2.45) is 0 Å². The monoisotopic (exact) mass is 374 g/mol. The molecule has 0 bridgehead atoms. The van der Waals surface area contributed by atoms with Crippen molar-refractivity contribution < 1.29 is 18.5 Å². The van der Waals surface area contributed by atoms with Crippen molar-refractivity contribution in [2.75, 3.05) is 23.2 Å². The summed E-state index contributed by atoms with van der Waals surface area (Å²) in [5.41, 5.74) is 2.10. The van der Waals surface area contributed by atoms with Gasteiger partial charge in [0.1, 0.15) is 5.69 Å². The number of hydrogen-bond acceptors (Lipinski definition) is 6. The minimum Gasteiger partial charge on any atom is -0.481 e. The number of nitrogens with zero attached hydrogens (tertiary/aromatic N) is 2. The highest BCUT2D eigenvalue weighted by Gasteiger charge is 2.26. The van der Waals surface area contributed by atoms with E-state index in [4.69, 9.17) is 20.2 Å². The molecule has 1 aromatic carbocycles. The normalized spacial score (nSPS) is 13.7. The Morgan fingerprint density at radius 2 is 1.88 bits per heavy atom. The molecule has 6 nitrogen and oxygen atoms in total. The average Bonchev–Trinajstić information content (AvgIpc) is 2.48. The van der Waals surface area contributed by atoms with Crippen LogP contribution in [0.25, 0.3) is 0 Å². The number of anilines is 2. The van der Waals surface area contributed by atoms with E-state index in [0.29, 0.717) is 16.3 Å². The van der Waals surface area contributed by atoms with Gasteiger partial charge >= 0.3 is 5.97 Å². The second-order valence-corrected chi connectivity index (χ2v) is 6.51. The van der Waals surface area contributed by atoms with Crippen molar-refractivity contribution in [3.8, 4) is 0 Å². The lowest BCUT2D eigenvalue weighted by Gasteiger charge is -2.31. The maximum Gasteiger partial charge on any atom is 0.307 e. The van der Waals surface area contributed by atoms with E-state index in [0.717, 1.165) is 56.8 Å². The summed E-state index contributed by atoms with van der Waals surface area (Å²) in [7, 11) is 0. The van der Waals surface area contributed by atoms with Crippen LogP contribution in [-0.2, 0) is 19.8 Å². The highest BCUT2D eigenvalue weighted by molar-refractivity contribution is 7.90. The molecule has 0 spiro atoms. The lowest BCUT2D eigenvalue weighted by molar-refractivity contribution is -0.136. The molecule has 24 heavy (non-hydrogen) atoms. The summed E-state index contributed by atoms with van der Waals surface area (Å²) in [6.45, 7) is 6.04. The number of halogens is 1. The fourth-order valence-corrected chi connectivity index (χ4v) is 3.03. The van der Waals surface area contributed by atoms with Crippen molar-refractivity contribution in [3.63, 3.8) is 0 Å². The predicted octanol–water partition coefficient (Wildman–Crippen LogP) is 4.62. The number of carboxylic acids is 1. The Morgan fingerprint density at radius 3 is 2.33 bits per heavy atom. The second kappa shape index (κ2) is 9.36. The summed E-state index contributed by atoms with van der Waals surface area (Å²) in [5.74, 6) is -0.879. The summed E-state index contributed by atoms with van der Waals surface area (Å²) in [6, 6.07) is 3.55. The van der Waals surface area contributed by atoms with E-state index in [1.807, 2.05) is 6.07 Å². The Morgan fingerprint density at radius 1 is 1.25 bits per heavy atom. The van der Waals surface area contributed by atoms with Crippen LogP contribution < -0.4 is 10.1 Å². The van der Waals surface area contributed by atoms with E-state index in [1.54, 1.807) is 6.07 Å². The van der Waals surface area contributed by atoms with Gasteiger partial charge in [0.15, 0.2) is 0 Å². The Kier molecular flexibility index (Phi) is 7.48. The lowest BCUT2D eigenvalue weighted by atomic mass is 10.1. The largest absolute Gasteiger partial charge is 0.481 e. The molecule has 0 atom stereocenters. The zero-order valence-corrected chi connectivity index (χ0v) is 15.5. The number of hydrogen-bond donors (Lipinski definition) is 1. The van der Waals surface area contributed by atoms with Crippen molar-refractivity contribution in [1.82, 2.24) is 0 Å². The van der Waals surface area contributed by atoms with Gasteiger partial charge in [-0.15, -0.1) is 8.57 Å². The number of carbonyl (C=O) groups is 1. The molecule has 1 saturated heterocycles. The highest BCUT2D eigenvalue weighted by atomic mass is 35.5. The topological polar surface area (TPSA) is 62.2 Å². The van der Waals surface area contributed by atoms with Crippen LogP contribution >= 0.6 is 23.9 Å². The molecular formula is C16H23ClN2O4S. The van der Waals surface area contributed by atoms with E-state index in [2.05, 4.69) is 18.7 Å². The van der Waals surface area contributed by atoms with Crippen LogP contribution in [-0.4, -0.2) is 24.2 Å². The van der Waals surface area contributed by atoms with Crippen LogP contribution in [0.1, 0.15) is 45.1 Å². The maximum absolute atomic E-state index is 11.3. The predicted molar refractivity (Wildman–Crippen MR) is 97.1 cm³/mol. The maximum atomic E-state index is 11.3. The van der Waals surface area contributed by atoms with E-state index in [9.17, 15) is 9.90 Å². The van der Waals surface area contributed by atoms with Gasteiger partial charge < -0.3 is 10.0 Å². The highest BCUT2D eigenvalue weighted by Crippen LogP contribution is 2.39. The zero-order valence-electron chi connectivity index (χ0n) is 14.0. The van der Waals surface area contributed by atoms with Gasteiger partial charge in [0.2, 0.25) is 12.3 Å². The van der Waals surface area contributed by atoms with Crippen molar-refractivity contribution in [2.45, 2.75) is 46.0 Å². The Balaban J connectivity index is 2.35. The molecule has 134 valence electrons. The first-order chi connectivity index (χ1) is 11.6. The van der Waals surface area contributed by atoms with Crippen LogP contribution in [0, 0.1) is 0 Å². The molecule has 0 saturated carbocycles. The van der Waals surface area contributed by atoms with Gasteiger partial charge in [-0.05, 0) is 30.5 Å². The van der Waals surface area contributed by atoms with Crippen LogP contribution in [0.2, 0.25) is 5.02 Å². The van der Waals surface area contributed by atoms with Gasteiger partial charge in [-0.1, -0.05) is 43.5 Å². The third-order valence-electron chi connectivity index (χ3n) is 3.79. The molecular weight excluding hydrogens is 352 g/mol. The number of unbranched alkanes of at least 4 members (excludes halogenated alkanes) is 2. The summed E-state index contributed by atoms with van der Waals surface area (Å²) < 4.78 is 10.1. The van der Waals surface area contributed by atoms with Crippen LogP contribution in [0.4, 0.5) is 11.4 Å². The SMILES string of the molecule is CCCCN(CCCC)c1cc(Cl)c(N2OSO2)cc1CC(=O)O. The van der Waals surface area contributed by atoms with Crippen molar-refractivity contribution in [3.05, 3.63) is 22.7 Å². The molecule has 1 heterocycles. The van der Waals surface area contributed by atoms with Crippen LogP contribution in [0.5, 0.6) is 0 Å². The summed E-state index contributed by atoms with van der Waals surface area (Å²) in [4.78, 5) is 13.5. The minimum absolute atomic E-state index is 0.0742. The molecule has 0 radical (unpaired) electrons. The van der Waals surface area contributed by atoms with E-state index < -0.39 is 5.97 Å². The van der Waals surface area contributed by atoms with Gasteiger partial charge in [-0.25, -0.2) is 0 Å². The summed E-state index contributed by atoms with van der Waals surface area (Å²) in [5, 5.41) is 10.9. The Hall–Kier alpha value is -1.15. The van der Waals surface area contributed by atoms with Gasteiger partial charge in [0, 0.05) is 18.8 Å². The second-order valence-electron chi connectivity index (χ2n) is 5.67. The molecule has 8 heteroatoms. The van der Waals surface area contributed by atoms with Crippen LogP contribution in [0.3, 0.4) is 0 Å². The Bertz CT molecular complexity index is 561. The third kappa shape index (κ3) is 4.92. The summed E-state index contributed by atoms with van der Waals surface area (Å²) >= 11 is 7.21. The smallest absolute Gasteiger partial charge is 0.307 e. The van der Waals surface area contributed by atoms with Gasteiger partial charge in [-0.3, -0.25) is 4.79 Å². The zero-order chi connectivity index (χ0) is 17.5. The fraction of sp³-hybridized carbons (Fsp3) is 0.562. The van der Waals surface area contributed by atoms with Gasteiger partial charge in [-0.2, -0.15) is 0 Å². The first-order valence-electron chi connectivity index (χ1n) is 8.17. The summed E-state index contributed by atoms with van der Waals surface area (Å²) in [6.07, 6.45) is 4.18. The standard InChI is InChI=1S/C16H23ClN2O4S/c1-3-5-7-18(8-6-4-2)14-11-13(17)15(19-22-24-23-19)9-12(14)10-16(20)21/h9,11H,3-8,10H2,1-2H3,(H,20,21). The number of rotatable bonds is 10. The molecule has 0 aromatic heterocycles. The molecule has 0 amide bonds. The van der Waals surface area contributed by atoms with Crippen molar-refractivity contribution in [1.29, 1.82) is 0 Å². The average molecular weight is 375 g/mol. The van der Waals surface area contributed by atoms with Gasteiger partial charge in [0.05, 0.1) is 11.4 Å². The number of benzene rings is 1. The first kappa shape index (κ1) is 19.2. The number of aliphatic carboxylic acids is 1. The van der Waals surface area contributed by atoms with E-state index in [-0.39, 0.29) is 6.42 Å². The third-order valence-corrected chi connectivity index (χ3v) is 4.48. The molecule has 2 rings (SSSR count). The van der Waals surface area contributed by atoms with Crippen LogP contribution in [0.15, 0.2) is 12.1 Å². The fourth-order valence-electron chi connectivity index (χ4n) is 2.53. The number of carboxylic acid groups (broad SMARTS) is 1. The van der Waals surface area contributed by atoms with Crippen molar-refractivity contribution >= 4 is 41.3 Å². The first-order valence-corrected chi connectivity index (χ1v) is 9.22. The molecule has 0 unspecified atom stereocenters. The molecule has 0 aliphatic carbocycles. The van der Waals surface area contributed by atoms with E-state index >= 15 is 0 Å². The van der Waals surface area contributed by atoms with E-state index in [1.165, 1.54) is 5.23 Å². The Labute approximate surface area is 152 Å². The molecule has 1 aliphatic rings. The minimum atomic E-state index is -0.879. The molecule has 1 N–H and O–H groups in total. The molecule has 1 aromatic rings. The quantitative estimate of drug-likeness (QED) is 0.599. The lowest BCUT2D eigenvalue weighted by Crippen LogP contribution is -2.29. The van der Waals surface area contributed by atoms with Gasteiger partial charge in [0.25, 0.3) is 0 Å². The molecule has 1 fully saturated rings. The molecule has 1 aliphatic heterocycles.